The van der Waals surface area contributed by atoms with Gasteiger partial charge in [0.1, 0.15) is 16.9 Å². The van der Waals surface area contributed by atoms with Crippen LogP contribution >= 0.6 is 11.3 Å². The van der Waals surface area contributed by atoms with E-state index < -0.39 is 29.5 Å². The van der Waals surface area contributed by atoms with Crippen LogP contribution in [-0.4, -0.2) is 50.9 Å². The van der Waals surface area contributed by atoms with Gasteiger partial charge in [0.05, 0.1) is 30.1 Å². The van der Waals surface area contributed by atoms with Gasteiger partial charge in [-0.3, -0.25) is 4.79 Å². The Morgan fingerprint density at radius 1 is 1.29 bits per heavy atom. The van der Waals surface area contributed by atoms with Gasteiger partial charge in [-0.25, -0.2) is 9.78 Å². The molecule has 0 bridgehead atoms. The molecule has 194 valence electrons. The van der Waals surface area contributed by atoms with Gasteiger partial charge in [0.25, 0.3) is 0 Å². The first-order valence-electron chi connectivity index (χ1n) is 12.4. The summed E-state index contributed by atoms with van der Waals surface area (Å²) < 4.78 is 11.9. The molecule has 6 atom stereocenters. The second-order valence-electron chi connectivity index (χ2n) is 10.9. The van der Waals surface area contributed by atoms with Crippen molar-refractivity contribution in [3.05, 3.63) is 33.8 Å². The molecule has 0 amide bonds. The third kappa shape index (κ3) is 6.88. The Kier molecular flexibility index (Phi) is 8.73. The molecule has 1 aromatic rings. The van der Waals surface area contributed by atoms with Gasteiger partial charge < -0.3 is 19.7 Å². The molecule has 3 heterocycles. The Morgan fingerprint density at radius 2 is 2.00 bits per heavy atom. The number of hydrogen-bond donors (Lipinski definition) is 2. The minimum atomic E-state index is -0.921. The molecular formula is C27H39NO6S. The quantitative estimate of drug-likeness (QED) is 0.461. The zero-order chi connectivity index (χ0) is 26.0. The van der Waals surface area contributed by atoms with Crippen molar-refractivity contribution in [1.29, 1.82) is 0 Å². The van der Waals surface area contributed by atoms with E-state index in [1.165, 1.54) is 17.4 Å². The number of ketones is 1. The predicted octanol–water partition coefficient (Wildman–Crippen LogP) is 4.47. The normalized spacial score (nSPS) is 35.8. The fraction of sp³-hybridized carbons (Fsp3) is 0.667. The lowest BCUT2D eigenvalue weighted by Crippen LogP contribution is -2.38. The number of Topliss-reactive ketones (excluding diaryl/α,β-unsaturated/α-hetero) is 1. The molecule has 7 nitrogen and oxygen atoms in total. The van der Waals surface area contributed by atoms with E-state index in [0.29, 0.717) is 17.1 Å². The van der Waals surface area contributed by atoms with Crippen molar-refractivity contribution in [1.82, 2.24) is 4.98 Å². The van der Waals surface area contributed by atoms with Crippen LogP contribution in [0.15, 0.2) is 23.1 Å². The maximum Gasteiger partial charge on any atom is 0.331 e. The Hall–Kier alpha value is -1.87. The first-order chi connectivity index (χ1) is 16.4. The van der Waals surface area contributed by atoms with Crippen LogP contribution in [0.2, 0.25) is 0 Å². The first-order valence-corrected chi connectivity index (χ1v) is 13.3. The van der Waals surface area contributed by atoms with Gasteiger partial charge in [0, 0.05) is 29.2 Å². The fourth-order valence-electron chi connectivity index (χ4n) is 4.84. The molecule has 0 aromatic carbocycles. The average molecular weight is 506 g/mol. The first kappa shape index (κ1) is 27.7. The molecule has 2 aliphatic heterocycles. The van der Waals surface area contributed by atoms with E-state index in [-0.39, 0.29) is 30.0 Å². The minimum absolute atomic E-state index is 0.0211. The molecule has 3 rings (SSSR count). The van der Waals surface area contributed by atoms with Crippen LogP contribution in [-0.2, 0) is 25.7 Å². The smallest absolute Gasteiger partial charge is 0.331 e. The molecular weight excluding hydrogens is 466 g/mol. The monoisotopic (exact) mass is 505 g/mol. The number of carbonyl (C=O) groups excluding carboxylic acids is 2. The van der Waals surface area contributed by atoms with Crippen LogP contribution < -0.4 is 0 Å². The van der Waals surface area contributed by atoms with Crippen molar-refractivity contribution < 1.29 is 29.3 Å². The Morgan fingerprint density at radius 3 is 2.66 bits per heavy atom. The van der Waals surface area contributed by atoms with Gasteiger partial charge in [-0.05, 0) is 58.1 Å². The maximum atomic E-state index is 13.1. The summed E-state index contributed by atoms with van der Waals surface area (Å²) in [5, 5.41) is 22.6. The number of aromatic nitrogens is 1. The number of allylic oxidation sites excluding steroid dienone is 1. The van der Waals surface area contributed by atoms with E-state index in [1.54, 1.807) is 26.8 Å². The molecule has 2 aliphatic rings. The van der Waals surface area contributed by atoms with Gasteiger partial charge in [-0.2, -0.15) is 0 Å². The summed E-state index contributed by atoms with van der Waals surface area (Å²) in [5.41, 5.74) is 0.330. The van der Waals surface area contributed by atoms with Crippen LogP contribution in [0.25, 0.3) is 6.08 Å². The molecule has 35 heavy (non-hydrogen) atoms. The highest BCUT2D eigenvalue weighted by atomic mass is 32.1. The SMILES string of the molecule is C/C(=C\c1csc(CO)n1)C1CC2OC2(C)CCCC(C)C(O)C(C)C(=O)C(C)(C)/C=C/C(=O)O1. The molecule has 8 heteroatoms. The number of carbonyl (C=O) groups is 2. The van der Waals surface area contributed by atoms with Crippen molar-refractivity contribution in [2.45, 2.75) is 97.7 Å². The fourth-order valence-corrected chi connectivity index (χ4v) is 5.45. The van der Waals surface area contributed by atoms with E-state index >= 15 is 0 Å². The lowest BCUT2D eigenvalue weighted by Gasteiger charge is -2.30. The summed E-state index contributed by atoms with van der Waals surface area (Å²) in [6, 6.07) is 0. The maximum absolute atomic E-state index is 13.1. The number of ether oxygens (including phenoxy) is 2. The number of rotatable bonds is 3. The number of hydrogen-bond acceptors (Lipinski definition) is 8. The molecule has 0 aliphatic carbocycles. The standard InChI is InChI=1S/C27H39NO6S/c1-16-8-7-10-27(6)21(34-27)13-20(17(2)12-19-15-35-22(14-29)28-19)33-23(30)9-11-26(4,5)25(32)18(3)24(16)31/h9,11-12,15-16,18,20-21,24,29,31H,7-8,10,13-14H2,1-6H3/b11-9+,17-12+. The topological polar surface area (TPSA) is 109 Å². The molecule has 0 spiro atoms. The highest BCUT2D eigenvalue weighted by molar-refractivity contribution is 7.09. The number of esters is 1. The zero-order valence-electron chi connectivity index (χ0n) is 21.6. The van der Waals surface area contributed by atoms with Crippen molar-refractivity contribution in [3.8, 4) is 0 Å². The number of aliphatic hydroxyl groups excluding tert-OH is 2. The molecule has 2 N–H and O–H groups in total. The van der Waals surface area contributed by atoms with Crippen LogP contribution in [0.5, 0.6) is 0 Å². The number of epoxide rings is 1. The van der Waals surface area contributed by atoms with Crippen LogP contribution in [0.4, 0.5) is 0 Å². The predicted molar refractivity (Wildman–Crippen MR) is 136 cm³/mol. The third-order valence-corrected chi connectivity index (χ3v) is 8.27. The summed E-state index contributed by atoms with van der Waals surface area (Å²) in [6.45, 7) is 11.1. The highest BCUT2D eigenvalue weighted by Crippen LogP contribution is 2.45. The van der Waals surface area contributed by atoms with Crippen LogP contribution in [0, 0.1) is 17.3 Å². The average Bonchev–Trinajstić information content (AvgIpc) is 3.22. The van der Waals surface area contributed by atoms with Crippen molar-refractivity contribution in [2.24, 2.45) is 17.3 Å². The number of fused-ring (bicyclic) bond motifs is 1. The van der Waals surface area contributed by atoms with Crippen molar-refractivity contribution in [3.63, 3.8) is 0 Å². The second kappa shape index (κ2) is 11.0. The van der Waals surface area contributed by atoms with Gasteiger partial charge in [0.15, 0.2) is 0 Å². The molecule has 1 fully saturated rings. The van der Waals surface area contributed by atoms with E-state index in [1.807, 2.05) is 25.3 Å². The van der Waals surface area contributed by atoms with Crippen LogP contribution in [0.1, 0.15) is 77.9 Å². The lowest BCUT2D eigenvalue weighted by atomic mass is 9.76. The molecule has 1 aromatic heterocycles. The number of aliphatic hydroxyl groups is 2. The van der Waals surface area contributed by atoms with E-state index in [0.717, 1.165) is 24.8 Å². The third-order valence-electron chi connectivity index (χ3n) is 7.42. The molecule has 0 saturated carbocycles. The number of nitrogens with zero attached hydrogens (tertiary/aromatic N) is 1. The lowest BCUT2D eigenvalue weighted by molar-refractivity contribution is -0.141. The number of thiazole rings is 1. The van der Waals surface area contributed by atoms with E-state index in [2.05, 4.69) is 11.9 Å². The van der Waals surface area contributed by atoms with E-state index in [4.69, 9.17) is 9.47 Å². The largest absolute Gasteiger partial charge is 0.455 e. The van der Waals surface area contributed by atoms with Crippen LogP contribution in [0.3, 0.4) is 0 Å². The van der Waals surface area contributed by atoms with Gasteiger partial charge in [-0.1, -0.05) is 26.3 Å². The Balaban J connectivity index is 1.86. The Bertz CT molecular complexity index is 982. The van der Waals surface area contributed by atoms with Gasteiger partial charge in [-0.15, -0.1) is 11.3 Å². The second-order valence-corrected chi connectivity index (χ2v) is 11.8. The van der Waals surface area contributed by atoms with Gasteiger partial charge in [0.2, 0.25) is 0 Å². The summed E-state index contributed by atoms with van der Waals surface area (Å²) >= 11 is 1.37. The minimum Gasteiger partial charge on any atom is -0.455 e. The van der Waals surface area contributed by atoms with Crippen molar-refractivity contribution >= 4 is 29.2 Å². The summed E-state index contributed by atoms with van der Waals surface area (Å²) in [5.74, 6) is -1.21. The molecule has 1 saturated heterocycles. The van der Waals surface area contributed by atoms with E-state index in [9.17, 15) is 19.8 Å². The Labute approximate surface area is 212 Å². The summed E-state index contributed by atoms with van der Waals surface area (Å²) in [6.07, 6.45) is 6.48. The molecule has 6 unspecified atom stereocenters. The van der Waals surface area contributed by atoms with Crippen molar-refractivity contribution in [2.75, 3.05) is 0 Å². The summed E-state index contributed by atoms with van der Waals surface area (Å²) in [4.78, 5) is 30.3. The molecule has 0 radical (unpaired) electrons. The number of cyclic esters (lactones) is 1. The van der Waals surface area contributed by atoms with Gasteiger partial charge >= 0.3 is 5.97 Å². The zero-order valence-corrected chi connectivity index (χ0v) is 22.4. The highest BCUT2D eigenvalue weighted by Gasteiger charge is 2.52. The summed E-state index contributed by atoms with van der Waals surface area (Å²) in [7, 11) is 0.